The quantitative estimate of drug-likeness (QED) is 0.679. The molecule has 1 aromatic rings. The molecule has 0 fully saturated rings. The minimum absolute atomic E-state index is 0.0586. The third-order valence-electron chi connectivity index (χ3n) is 2.86. The molecule has 0 saturated carbocycles. The summed E-state index contributed by atoms with van der Waals surface area (Å²) in [6.07, 6.45) is 2.06. The summed E-state index contributed by atoms with van der Waals surface area (Å²) in [4.78, 5) is 23.9. The van der Waals surface area contributed by atoms with Crippen LogP contribution in [0.2, 0.25) is 0 Å². The van der Waals surface area contributed by atoms with E-state index < -0.39 is 0 Å². The van der Waals surface area contributed by atoms with Crippen LogP contribution in [0, 0.1) is 0 Å². The van der Waals surface area contributed by atoms with E-state index in [1.165, 1.54) is 6.07 Å². The van der Waals surface area contributed by atoms with Crippen molar-refractivity contribution in [2.75, 3.05) is 11.9 Å². The molecule has 3 nitrogen and oxygen atoms in total. The largest absolute Gasteiger partial charge is 0.366 e. The molecule has 0 bridgehead atoms. The minimum Gasteiger partial charge on any atom is -0.366 e. The van der Waals surface area contributed by atoms with Crippen LogP contribution in [0.4, 0.5) is 5.69 Å². The van der Waals surface area contributed by atoms with Crippen LogP contribution in [0.15, 0.2) is 15.7 Å². The highest BCUT2D eigenvalue weighted by Gasteiger charge is 2.26. The van der Waals surface area contributed by atoms with Gasteiger partial charge in [-0.25, -0.2) is 0 Å². The molecule has 0 saturated heterocycles. The molecule has 14 heavy (non-hydrogen) atoms. The molecule has 0 atom stereocenters. The van der Waals surface area contributed by atoms with Gasteiger partial charge in [0, 0.05) is 18.7 Å². The highest BCUT2D eigenvalue weighted by atomic mass is 16.2. The first-order valence-electron chi connectivity index (χ1n) is 4.94. The Kier molecular flexibility index (Phi) is 2.79. The van der Waals surface area contributed by atoms with Gasteiger partial charge in [-0.1, -0.05) is 13.3 Å². The molecule has 0 aliphatic rings. The summed E-state index contributed by atoms with van der Waals surface area (Å²) >= 11 is 0. The fourth-order valence-corrected chi connectivity index (χ4v) is 1.66. The Morgan fingerprint density at radius 3 is 2.29 bits per heavy atom. The SMILES string of the molecule is CCCC(C)(C)N(C)c1cc(=O)c1=O. The van der Waals surface area contributed by atoms with E-state index in [0.717, 1.165) is 12.8 Å². The van der Waals surface area contributed by atoms with Gasteiger partial charge in [0.2, 0.25) is 10.9 Å². The summed E-state index contributed by atoms with van der Waals surface area (Å²) < 4.78 is 0. The van der Waals surface area contributed by atoms with Crippen LogP contribution in [0.25, 0.3) is 0 Å². The van der Waals surface area contributed by atoms with Crippen LogP contribution >= 0.6 is 0 Å². The molecule has 0 aromatic heterocycles. The van der Waals surface area contributed by atoms with E-state index in [1.807, 2.05) is 11.9 Å². The molecule has 0 heterocycles. The van der Waals surface area contributed by atoms with E-state index in [9.17, 15) is 9.59 Å². The molecule has 1 aromatic carbocycles. The molecule has 0 amide bonds. The molecule has 0 aliphatic heterocycles. The Balaban J connectivity index is 2.87. The average molecular weight is 195 g/mol. The molecule has 78 valence electrons. The van der Waals surface area contributed by atoms with Crippen LogP contribution in [0.1, 0.15) is 33.6 Å². The Morgan fingerprint density at radius 2 is 1.93 bits per heavy atom. The van der Waals surface area contributed by atoms with Crippen molar-refractivity contribution in [2.24, 2.45) is 0 Å². The maximum atomic E-state index is 11.2. The van der Waals surface area contributed by atoms with E-state index in [4.69, 9.17) is 0 Å². The summed E-state index contributed by atoms with van der Waals surface area (Å²) in [7, 11) is 1.87. The van der Waals surface area contributed by atoms with Crippen molar-refractivity contribution in [1.29, 1.82) is 0 Å². The molecular formula is C11H17NO2. The van der Waals surface area contributed by atoms with Crippen molar-refractivity contribution in [3.63, 3.8) is 0 Å². The Bertz CT molecular complexity index is 386. The fourth-order valence-electron chi connectivity index (χ4n) is 1.66. The van der Waals surface area contributed by atoms with Crippen LogP contribution in [0.3, 0.4) is 0 Å². The van der Waals surface area contributed by atoms with Crippen LogP contribution < -0.4 is 15.8 Å². The van der Waals surface area contributed by atoms with E-state index >= 15 is 0 Å². The summed E-state index contributed by atoms with van der Waals surface area (Å²) in [5.41, 5.74) is -0.235. The van der Waals surface area contributed by atoms with Gasteiger partial charge >= 0.3 is 0 Å². The van der Waals surface area contributed by atoms with Gasteiger partial charge in [-0.2, -0.15) is 0 Å². The standard InChI is InChI=1S/C11H17NO2/c1-5-6-11(2,3)12(4)8-7-9(13)10(8)14/h7H,5-6H2,1-4H3. The van der Waals surface area contributed by atoms with Gasteiger partial charge in [-0.3, -0.25) is 9.59 Å². The zero-order valence-electron chi connectivity index (χ0n) is 9.26. The van der Waals surface area contributed by atoms with Crippen LogP contribution in [-0.4, -0.2) is 12.6 Å². The first-order valence-corrected chi connectivity index (χ1v) is 4.94. The molecule has 0 radical (unpaired) electrons. The monoisotopic (exact) mass is 195 g/mol. The van der Waals surface area contributed by atoms with Gasteiger partial charge in [0.25, 0.3) is 0 Å². The third kappa shape index (κ3) is 1.72. The Hall–Kier alpha value is -1.12. The Labute approximate surface area is 84.0 Å². The lowest BCUT2D eigenvalue weighted by Gasteiger charge is -2.37. The second-order valence-electron chi connectivity index (χ2n) is 4.34. The summed E-state index contributed by atoms with van der Waals surface area (Å²) in [5.74, 6) is 0. The van der Waals surface area contributed by atoms with Crippen molar-refractivity contribution in [2.45, 2.75) is 39.2 Å². The summed E-state index contributed by atoms with van der Waals surface area (Å²) in [6.45, 7) is 6.26. The zero-order chi connectivity index (χ0) is 10.9. The maximum absolute atomic E-state index is 11.2. The van der Waals surface area contributed by atoms with Crippen LogP contribution in [0.5, 0.6) is 0 Å². The first kappa shape index (κ1) is 11.0. The van der Waals surface area contributed by atoms with E-state index in [-0.39, 0.29) is 16.4 Å². The van der Waals surface area contributed by atoms with Gasteiger partial charge < -0.3 is 4.90 Å². The van der Waals surface area contributed by atoms with E-state index in [2.05, 4.69) is 20.8 Å². The van der Waals surface area contributed by atoms with Gasteiger partial charge in [0.15, 0.2) is 0 Å². The molecule has 0 unspecified atom stereocenters. The third-order valence-corrected chi connectivity index (χ3v) is 2.86. The van der Waals surface area contributed by atoms with Crippen molar-refractivity contribution in [3.05, 3.63) is 26.5 Å². The number of anilines is 1. The molecule has 3 heteroatoms. The molecule has 0 N–H and O–H groups in total. The van der Waals surface area contributed by atoms with Crippen LogP contribution in [-0.2, 0) is 0 Å². The van der Waals surface area contributed by atoms with E-state index in [0.29, 0.717) is 5.69 Å². The second kappa shape index (κ2) is 3.56. The lowest BCUT2D eigenvalue weighted by atomic mass is 9.96. The molecule has 0 spiro atoms. The number of rotatable bonds is 4. The number of hydrogen-bond acceptors (Lipinski definition) is 3. The number of hydrogen-bond donors (Lipinski definition) is 0. The summed E-state index contributed by atoms with van der Waals surface area (Å²) in [6, 6.07) is 1.42. The molecule has 0 aliphatic carbocycles. The average Bonchev–Trinajstić information content (AvgIpc) is 2.12. The van der Waals surface area contributed by atoms with Crippen molar-refractivity contribution < 1.29 is 0 Å². The van der Waals surface area contributed by atoms with E-state index in [1.54, 1.807) is 0 Å². The number of nitrogens with zero attached hydrogens (tertiary/aromatic N) is 1. The fraction of sp³-hybridized carbons (Fsp3) is 0.636. The predicted molar refractivity (Wildman–Crippen MR) is 58.7 cm³/mol. The topological polar surface area (TPSA) is 37.4 Å². The minimum atomic E-state index is -0.376. The smallest absolute Gasteiger partial charge is 0.249 e. The normalized spacial score (nSPS) is 12.0. The van der Waals surface area contributed by atoms with Crippen molar-refractivity contribution in [1.82, 2.24) is 0 Å². The van der Waals surface area contributed by atoms with Gasteiger partial charge in [-0.15, -0.1) is 0 Å². The lowest BCUT2D eigenvalue weighted by molar-refractivity contribution is 0.442. The zero-order valence-corrected chi connectivity index (χ0v) is 9.26. The van der Waals surface area contributed by atoms with Crippen molar-refractivity contribution >= 4 is 5.69 Å². The van der Waals surface area contributed by atoms with Gasteiger partial charge in [0.1, 0.15) is 0 Å². The lowest BCUT2D eigenvalue weighted by Crippen LogP contribution is -2.47. The second-order valence-corrected chi connectivity index (χ2v) is 4.34. The van der Waals surface area contributed by atoms with Gasteiger partial charge in [0.05, 0.1) is 5.69 Å². The highest BCUT2D eigenvalue weighted by molar-refractivity contribution is 5.51. The van der Waals surface area contributed by atoms with Crippen molar-refractivity contribution in [3.8, 4) is 0 Å². The first-order chi connectivity index (χ1) is 6.40. The molecule has 1 rings (SSSR count). The molecular weight excluding hydrogens is 178 g/mol. The predicted octanol–water partition coefficient (Wildman–Crippen LogP) is 1.30. The highest BCUT2D eigenvalue weighted by Crippen LogP contribution is 2.23. The summed E-state index contributed by atoms with van der Waals surface area (Å²) in [5, 5.41) is 0. The maximum Gasteiger partial charge on any atom is 0.249 e. The Morgan fingerprint density at radius 1 is 1.36 bits per heavy atom. The van der Waals surface area contributed by atoms with Gasteiger partial charge in [-0.05, 0) is 20.3 Å².